The van der Waals surface area contributed by atoms with Gasteiger partial charge in [0.1, 0.15) is 17.3 Å². The van der Waals surface area contributed by atoms with Gasteiger partial charge in [0.15, 0.2) is 0 Å². The number of nitrogens with one attached hydrogen (secondary N) is 1. The van der Waals surface area contributed by atoms with Gasteiger partial charge < -0.3 is 14.5 Å². The van der Waals surface area contributed by atoms with Crippen LogP contribution < -0.4 is 10.1 Å². The first-order valence-corrected chi connectivity index (χ1v) is 7.85. The van der Waals surface area contributed by atoms with Gasteiger partial charge in [0, 0.05) is 23.9 Å². The van der Waals surface area contributed by atoms with E-state index in [0.29, 0.717) is 12.0 Å². The third kappa shape index (κ3) is 2.58. The lowest BCUT2D eigenvalue weighted by Crippen LogP contribution is -2.26. The second kappa shape index (κ2) is 5.23. The number of hydrogen-bond acceptors (Lipinski definition) is 3. The molecule has 3 heteroatoms. The van der Waals surface area contributed by atoms with E-state index in [0.717, 1.165) is 42.8 Å². The summed E-state index contributed by atoms with van der Waals surface area (Å²) in [5.41, 5.74) is 1.26. The van der Waals surface area contributed by atoms with Gasteiger partial charge >= 0.3 is 0 Å². The van der Waals surface area contributed by atoms with Gasteiger partial charge in [-0.25, -0.2) is 0 Å². The molecular formula is C18H21NO2. The molecule has 1 fully saturated rings. The molecule has 1 aromatic heterocycles. The van der Waals surface area contributed by atoms with Crippen molar-refractivity contribution in [2.24, 2.45) is 5.92 Å². The summed E-state index contributed by atoms with van der Waals surface area (Å²) >= 11 is 0. The van der Waals surface area contributed by atoms with Crippen LogP contribution in [-0.4, -0.2) is 6.61 Å². The molecule has 4 rings (SSSR count). The molecular weight excluding hydrogens is 262 g/mol. The van der Waals surface area contributed by atoms with Gasteiger partial charge in [-0.3, -0.25) is 0 Å². The minimum absolute atomic E-state index is 0.350. The van der Waals surface area contributed by atoms with Gasteiger partial charge in [0.05, 0.1) is 13.2 Å². The maximum Gasteiger partial charge on any atom is 0.124 e. The fourth-order valence-corrected chi connectivity index (χ4v) is 3.19. The van der Waals surface area contributed by atoms with Crippen LogP contribution in [0.25, 0.3) is 0 Å². The van der Waals surface area contributed by atoms with Gasteiger partial charge in [-0.1, -0.05) is 25.1 Å². The standard InChI is InChI=1S/C18H21NO2/c1-12-10-15(12)18-7-6-13(21-18)11-19-16-8-9-20-17-5-3-2-4-14(16)17/h2-7,12,15-16,19H,8-11H2,1H3/t12-,15-,16-/m1/s1. The molecule has 1 aliphatic heterocycles. The highest BCUT2D eigenvalue weighted by molar-refractivity contribution is 5.37. The van der Waals surface area contributed by atoms with Crippen molar-refractivity contribution in [1.82, 2.24) is 5.32 Å². The largest absolute Gasteiger partial charge is 0.493 e. The smallest absolute Gasteiger partial charge is 0.124 e. The van der Waals surface area contributed by atoms with Crippen LogP contribution in [0.5, 0.6) is 5.75 Å². The Morgan fingerprint density at radius 2 is 2.05 bits per heavy atom. The van der Waals surface area contributed by atoms with Crippen molar-refractivity contribution in [3.8, 4) is 5.75 Å². The zero-order valence-corrected chi connectivity index (χ0v) is 12.3. The van der Waals surface area contributed by atoms with Crippen molar-refractivity contribution >= 4 is 0 Å². The zero-order chi connectivity index (χ0) is 14.2. The molecule has 0 radical (unpaired) electrons. The van der Waals surface area contributed by atoms with Crippen LogP contribution >= 0.6 is 0 Å². The van der Waals surface area contributed by atoms with E-state index in [2.05, 4.69) is 36.5 Å². The average Bonchev–Trinajstić information content (AvgIpc) is 3.07. The summed E-state index contributed by atoms with van der Waals surface area (Å²) in [6.07, 6.45) is 2.28. The highest BCUT2D eigenvalue weighted by atomic mass is 16.5. The lowest BCUT2D eigenvalue weighted by molar-refractivity contribution is 0.249. The van der Waals surface area contributed by atoms with E-state index in [9.17, 15) is 0 Å². The van der Waals surface area contributed by atoms with E-state index < -0.39 is 0 Å². The van der Waals surface area contributed by atoms with Crippen molar-refractivity contribution in [2.75, 3.05) is 6.61 Å². The Balaban J connectivity index is 1.42. The predicted molar refractivity (Wildman–Crippen MR) is 81.4 cm³/mol. The molecule has 1 saturated carbocycles. The van der Waals surface area contributed by atoms with Crippen LogP contribution in [0.2, 0.25) is 0 Å². The minimum atomic E-state index is 0.350. The molecule has 0 saturated heterocycles. The lowest BCUT2D eigenvalue weighted by atomic mass is 10.0. The SMILES string of the molecule is C[C@@H]1C[C@H]1c1ccc(CN[C@@H]2CCOc3ccccc32)o1. The zero-order valence-electron chi connectivity index (χ0n) is 12.3. The Labute approximate surface area is 125 Å². The number of benzene rings is 1. The Bertz CT molecular complexity index is 634. The van der Waals surface area contributed by atoms with E-state index in [1.165, 1.54) is 12.0 Å². The monoisotopic (exact) mass is 283 g/mol. The van der Waals surface area contributed by atoms with Gasteiger partial charge in [-0.05, 0) is 30.5 Å². The van der Waals surface area contributed by atoms with Crippen LogP contribution in [0.3, 0.4) is 0 Å². The van der Waals surface area contributed by atoms with Gasteiger partial charge in [-0.15, -0.1) is 0 Å². The minimum Gasteiger partial charge on any atom is -0.493 e. The molecule has 2 aromatic rings. The molecule has 0 bridgehead atoms. The number of ether oxygens (including phenoxy) is 1. The average molecular weight is 283 g/mol. The first kappa shape index (κ1) is 13.0. The van der Waals surface area contributed by atoms with Crippen LogP contribution in [0.15, 0.2) is 40.8 Å². The van der Waals surface area contributed by atoms with Crippen molar-refractivity contribution in [1.29, 1.82) is 0 Å². The fraction of sp³-hybridized carbons (Fsp3) is 0.444. The molecule has 110 valence electrons. The number of furan rings is 1. The Kier molecular flexibility index (Phi) is 3.23. The summed E-state index contributed by atoms with van der Waals surface area (Å²) in [4.78, 5) is 0. The molecule has 1 N–H and O–H groups in total. The van der Waals surface area contributed by atoms with E-state index >= 15 is 0 Å². The molecule has 2 aliphatic rings. The highest BCUT2D eigenvalue weighted by Gasteiger charge is 2.36. The summed E-state index contributed by atoms with van der Waals surface area (Å²) in [6, 6.07) is 12.9. The fourth-order valence-electron chi connectivity index (χ4n) is 3.19. The molecule has 1 aliphatic carbocycles. The van der Waals surface area contributed by atoms with Crippen molar-refractivity contribution in [3.05, 3.63) is 53.5 Å². The first-order chi connectivity index (χ1) is 10.3. The topological polar surface area (TPSA) is 34.4 Å². The van der Waals surface area contributed by atoms with Gasteiger partial charge in [0.2, 0.25) is 0 Å². The Hall–Kier alpha value is -1.74. The molecule has 21 heavy (non-hydrogen) atoms. The Morgan fingerprint density at radius 3 is 2.90 bits per heavy atom. The normalized spacial score (nSPS) is 27.0. The van der Waals surface area contributed by atoms with Crippen molar-refractivity contribution < 1.29 is 9.15 Å². The number of hydrogen-bond donors (Lipinski definition) is 1. The molecule has 3 atom stereocenters. The van der Waals surface area contributed by atoms with E-state index in [4.69, 9.17) is 9.15 Å². The summed E-state index contributed by atoms with van der Waals surface area (Å²) in [6.45, 7) is 3.84. The quantitative estimate of drug-likeness (QED) is 0.920. The van der Waals surface area contributed by atoms with Crippen molar-refractivity contribution in [2.45, 2.75) is 38.3 Å². The second-order valence-electron chi connectivity index (χ2n) is 6.23. The van der Waals surface area contributed by atoms with Crippen LogP contribution in [-0.2, 0) is 6.54 Å². The Morgan fingerprint density at radius 1 is 1.19 bits per heavy atom. The summed E-state index contributed by atoms with van der Waals surface area (Å²) in [7, 11) is 0. The highest BCUT2D eigenvalue weighted by Crippen LogP contribution is 2.47. The predicted octanol–water partition coefficient (Wildman–Crippen LogP) is 4.02. The van der Waals surface area contributed by atoms with Gasteiger partial charge in [0.25, 0.3) is 0 Å². The number of para-hydroxylation sites is 1. The maximum atomic E-state index is 5.96. The summed E-state index contributed by atoms with van der Waals surface area (Å²) in [5.74, 6) is 4.65. The molecule has 0 unspecified atom stereocenters. The van der Waals surface area contributed by atoms with E-state index in [-0.39, 0.29) is 0 Å². The first-order valence-electron chi connectivity index (χ1n) is 7.85. The van der Waals surface area contributed by atoms with Crippen LogP contribution in [0.1, 0.15) is 48.8 Å². The van der Waals surface area contributed by atoms with Crippen LogP contribution in [0.4, 0.5) is 0 Å². The third-order valence-corrected chi connectivity index (χ3v) is 4.64. The number of fused-ring (bicyclic) bond motifs is 1. The maximum absolute atomic E-state index is 5.96. The van der Waals surface area contributed by atoms with Gasteiger partial charge in [-0.2, -0.15) is 0 Å². The third-order valence-electron chi connectivity index (χ3n) is 4.64. The van der Waals surface area contributed by atoms with Crippen molar-refractivity contribution in [3.63, 3.8) is 0 Å². The summed E-state index contributed by atoms with van der Waals surface area (Å²) < 4.78 is 11.7. The molecule has 3 nitrogen and oxygen atoms in total. The van der Waals surface area contributed by atoms with E-state index in [1.807, 2.05) is 12.1 Å². The van der Waals surface area contributed by atoms with E-state index in [1.54, 1.807) is 0 Å². The van der Waals surface area contributed by atoms with Crippen LogP contribution in [0, 0.1) is 5.92 Å². The molecule has 2 heterocycles. The summed E-state index contributed by atoms with van der Waals surface area (Å²) in [5, 5.41) is 3.60. The molecule has 0 spiro atoms. The molecule has 1 aromatic carbocycles. The second-order valence-corrected chi connectivity index (χ2v) is 6.23. The molecule has 0 amide bonds. The number of rotatable bonds is 4. The lowest BCUT2D eigenvalue weighted by Gasteiger charge is -2.26.